The summed E-state index contributed by atoms with van der Waals surface area (Å²) in [5.74, 6) is 0. The highest BCUT2D eigenvalue weighted by atomic mass is 35.5. The van der Waals surface area contributed by atoms with Crippen LogP contribution in [0, 0.1) is 13.8 Å². The second kappa shape index (κ2) is 11.3. The Hall–Kier alpha value is -2.83. The first kappa shape index (κ1) is 24.8. The minimum absolute atomic E-state index is 0.171. The maximum Gasteiger partial charge on any atom is 0.322 e. The van der Waals surface area contributed by atoms with Gasteiger partial charge >= 0.3 is 6.03 Å². The molecule has 0 saturated carbocycles. The summed E-state index contributed by atoms with van der Waals surface area (Å²) in [6.45, 7) is 11.9. The molecule has 33 heavy (non-hydrogen) atoms. The topological polar surface area (TPSA) is 68.4 Å². The fourth-order valence-electron chi connectivity index (χ4n) is 3.89. The van der Waals surface area contributed by atoms with E-state index in [4.69, 9.17) is 11.6 Å². The van der Waals surface area contributed by atoms with Crippen molar-refractivity contribution in [2.24, 2.45) is 0 Å². The maximum absolute atomic E-state index is 13.2. The van der Waals surface area contributed by atoms with Crippen LogP contribution >= 0.6 is 11.6 Å². The molecular weight excluding hydrogens is 436 g/mol. The Labute approximate surface area is 200 Å². The van der Waals surface area contributed by atoms with Gasteiger partial charge in [-0.05, 0) is 92.8 Å². The minimum Gasteiger partial charge on any atom is -0.322 e. The number of aromatic nitrogens is 1. The molecule has 2 aromatic carbocycles. The summed E-state index contributed by atoms with van der Waals surface area (Å²) in [5, 5.41) is 4.44. The van der Waals surface area contributed by atoms with Crippen molar-refractivity contribution < 1.29 is 4.79 Å². The number of benzene rings is 2. The van der Waals surface area contributed by atoms with Crippen molar-refractivity contribution in [3.05, 3.63) is 74.5 Å². The predicted octanol–water partition coefficient (Wildman–Crippen LogP) is 5.56. The van der Waals surface area contributed by atoms with Crippen LogP contribution in [0.4, 0.5) is 10.5 Å². The Morgan fingerprint density at radius 2 is 1.76 bits per heavy atom. The molecule has 176 valence electrons. The molecule has 0 atom stereocenters. The van der Waals surface area contributed by atoms with E-state index in [9.17, 15) is 9.59 Å². The van der Waals surface area contributed by atoms with Crippen LogP contribution in [-0.2, 0) is 6.54 Å². The molecule has 7 heteroatoms. The number of urea groups is 1. The molecule has 3 aromatic rings. The number of aryl methyl sites for hydroxylation is 2. The number of pyridine rings is 1. The zero-order valence-electron chi connectivity index (χ0n) is 19.9. The molecule has 3 rings (SSSR count). The largest absolute Gasteiger partial charge is 0.322 e. The number of halogens is 1. The van der Waals surface area contributed by atoms with E-state index in [0.717, 1.165) is 48.1 Å². The van der Waals surface area contributed by atoms with Crippen LogP contribution in [0.25, 0.3) is 10.9 Å². The molecule has 0 radical (unpaired) electrons. The Morgan fingerprint density at radius 3 is 2.45 bits per heavy atom. The monoisotopic (exact) mass is 468 g/mol. The maximum atomic E-state index is 13.2. The summed E-state index contributed by atoms with van der Waals surface area (Å²) in [4.78, 5) is 33.0. The van der Waals surface area contributed by atoms with E-state index in [1.54, 1.807) is 29.2 Å². The van der Waals surface area contributed by atoms with Crippen LogP contribution in [0.5, 0.6) is 0 Å². The minimum atomic E-state index is -0.253. The van der Waals surface area contributed by atoms with E-state index < -0.39 is 0 Å². The third kappa shape index (κ3) is 6.59. The van der Waals surface area contributed by atoms with Crippen LogP contribution < -0.4 is 10.9 Å². The number of H-pyrrole nitrogens is 1. The first-order chi connectivity index (χ1) is 15.8. The number of carbonyl (C=O) groups is 1. The first-order valence-electron chi connectivity index (χ1n) is 11.5. The lowest BCUT2D eigenvalue weighted by Crippen LogP contribution is -2.38. The summed E-state index contributed by atoms with van der Waals surface area (Å²) in [5.41, 5.74) is 4.12. The second-order valence-electron chi connectivity index (χ2n) is 8.39. The first-order valence-corrected chi connectivity index (χ1v) is 11.9. The number of amides is 2. The van der Waals surface area contributed by atoms with E-state index in [0.29, 0.717) is 22.8 Å². The smallest absolute Gasteiger partial charge is 0.322 e. The number of aromatic amines is 1. The summed E-state index contributed by atoms with van der Waals surface area (Å²) >= 11 is 6.07. The van der Waals surface area contributed by atoms with Crippen molar-refractivity contribution in [2.75, 3.05) is 31.5 Å². The summed E-state index contributed by atoms with van der Waals surface area (Å²) in [6.07, 6.45) is 0.814. The zero-order valence-corrected chi connectivity index (χ0v) is 20.6. The average molecular weight is 469 g/mol. The highest BCUT2D eigenvalue weighted by Crippen LogP contribution is 2.19. The van der Waals surface area contributed by atoms with Crippen molar-refractivity contribution in [2.45, 2.75) is 40.7 Å². The van der Waals surface area contributed by atoms with E-state index in [1.807, 2.05) is 19.1 Å². The number of hydrogen-bond donors (Lipinski definition) is 2. The molecule has 0 bridgehead atoms. The van der Waals surface area contributed by atoms with Crippen molar-refractivity contribution in [1.29, 1.82) is 0 Å². The lowest BCUT2D eigenvalue weighted by Gasteiger charge is -2.25. The molecule has 0 spiro atoms. The second-order valence-corrected chi connectivity index (χ2v) is 8.83. The van der Waals surface area contributed by atoms with Gasteiger partial charge < -0.3 is 20.1 Å². The highest BCUT2D eigenvalue weighted by molar-refractivity contribution is 6.30. The van der Waals surface area contributed by atoms with Crippen molar-refractivity contribution >= 4 is 34.2 Å². The van der Waals surface area contributed by atoms with Gasteiger partial charge in [-0.15, -0.1) is 0 Å². The van der Waals surface area contributed by atoms with Gasteiger partial charge in [-0.3, -0.25) is 4.79 Å². The van der Waals surface area contributed by atoms with Crippen LogP contribution in [0.2, 0.25) is 5.02 Å². The van der Waals surface area contributed by atoms with Crippen molar-refractivity contribution in [1.82, 2.24) is 14.8 Å². The SMILES string of the molecule is CCN(CC)CCCN(Cc1cc2cc(C)c(C)cc2[nH]c1=O)C(=O)Nc1cccc(Cl)c1. The summed E-state index contributed by atoms with van der Waals surface area (Å²) in [7, 11) is 0. The van der Waals surface area contributed by atoms with Gasteiger partial charge in [-0.2, -0.15) is 0 Å². The van der Waals surface area contributed by atoms with Crippen LogP contribution in [0.1, 0.15) is 37.0 Å². The number of rotatable bonds is 9. The number of hydrogen-bond acceptors (Lipinski definition) is 3. The third-order valence-corrected chi connectivity index (χ3v) is 6.29. The molecule has 2 N–H and O–H groups in total. The van der Waals surface area contributed by atoms with E-state index >= 15 is 0 Å². The van der Waals surface area contributed by atoms with Gasteiger partial charge in [-0.25, -0.2) is 4.79 Å². The van der Waals surface area contributed by atoms with Crippen LogP contribution in [-0.4, -0.2) is 47.0 Å². The predicted molar refractivity (Wildman–Crippen MR) is 137 cm³/mol. The lowest BCUT2D eigenvalue weighted by atomic mass is 10.0. The van der Waals surface area contributed by atoms with Gasteiger partial charge in [0.25, 0.3) is 5.56 Å². The number of anilines is 1. The number of nitrogens with zero attached hydrogens (tertiary/aromatic N) is 2. The van der Waals surface area contributed by atoms with E-state index in [-0.39, 0.29) is 18.1 Å². The highest BCUT2D eigenvalue weighted by Gasteiger charge is 2.17. The van der Waals surface area contributed by atoms with Gasteiger partial charge in [0.1, 0.15) is 0 Å². The number of nitrogens with one attached hydrogen (secondary N) is 2. The van der Waals surface area contributed by atoms with Gasteiger partial charge in [-0.1, -0.05) is 31.5 Å². The van der Waals surface area contributed by atoms with Crippen LogP contribution in [0.15, 0.2) is 47.3 Å². The normalized spacial score (nSPS) is 11.2. The Kier molecular flexibility index (Phi) is 8.53. The molecule has 0 aliphatic carbocycles. The Balaban J connectivity index is 1.84. The van der Waals surface area contributed by atoms with Crippen molar-refractivity contribution in [3.8, 4) is 0 Å². The fourth-order valence-corrected chi connectivity index (χ4v) is 4.08. The molecular formula is C26H33ClN4O2. The molecule has 1 heterocycles. The van der Waals surface area contributed by atoms with Crippen LogP contribution in [0.3, 0.4) is 0 Å². The van der Waals surface area contributed by atoms with Gasteiger partial charge in [0.15, 0.2) is 0 Å². The number of carbonyl (C=O) groups excluding carboxylic acids is 1. The molecule has 0 saturated heterocycles. The molecule has 0 aliphatic rings. The Bertz CT molecular complexity index is 1170. The average Bonchev–Trinajstić information content (AvgIpc) is 2.77. The molecule has 0 aliphatic heterocycles. The van der Waals surface area contributed by atoms with E-state index in [2.05, 4.69) is 42.0 Å². The Morgan fingerprint density at radius 1 is 1.03 bits per heavy atom. The van der Waals surface area contributed by atoms with Crippen molar-refractivity contribution in [3.63, 3.8) is 0 Å². The summed E-state index contributed by atoms with van der Waals surface area (Å²) < 4.78 is 0. The van der Waals surface area contributed by atoms with Gasteiger partial charge in [0.2, 0.25) is 0 Å². The zero-order chi connectivity index (χ0) is 24.0. The number of fused-ring (bicyclic) bond motifs is 1. The lowest BCUT2D eigenvalue weighted by molar-refractivity contribution is 0.202. The third-order valence-electron chi connectivity index (χ3n) is 6.06. The molecule has 0 fully saturated rings. The quantitative estimate of drug-likeness (QED) is 0.431. The molecule has 6 nitrogen and oxygen atoms in total. The van der Waals surface area contributed by atoms with Gasteiger partial charge in [0.05, 0.1) is 6.54 Å². The summed E-state index contributed by atoms with van der Waals surface area (Å²) in [6, 6.07) is 12.8. The van der Waals surface area contributed by atoms with Gasteiger partial charge in [0, 0.05) is 28.3 Å². The van der Waals surface area contributed by atoms with E-state index in [1.165, 1.54) is 0 Å². The molecule has 0 unspecified atom stereocenters. The standard InChI is InChI=1S/C26H33ClN4O2/c1-5-30(6-2)11-8-12-31(26(33)28-23-10-7-9-22(27)16-23)17-21-15-20-13-18(3)19(4)14-24(20)29-25(21)32/h7,9-10,13-16H,5-6,8,11-12,17H2,1-4H3,(H,28,33)(H,29,32). The molecule has 2 amide bonds. The molecule has 1 aromatic heterocycles. The fraction of sp³-hybridized carbons (Fsp3) is 0.385.